The van der Waals surface area contributed by atoms with E-state index in [4.69, 9.17) is 9.47 Å². The summed E-state index contributed by atoms with van der Waals surface area (Å²) in [5.41, 5.74) is 3.22. The number of benzene rings is 3. The van der Waals surface area contributed by atoms with Crippen molar-refractivity contribution in [1.29, 1.82) is 0 Å². The summed E-state index contributed by atoms with van der Waals surface area (Å²) in [6.07, 6.45) is 2.20. The number of aliphatic carboxylic acids is 1. The first-order chi connectivity index (χ1) is 16.0. The lowest BCUT2D eigenvalue weighted by atomic mass is 10.0. The molecule has 7 heteroatoms. The van der Waals surface area contributed by atoms with Crippen LogP contribution in [0.5, 0.6) is 11.5 Å². The summed E-state index contributed by atoms with van der Waals surface area (Å²) in [5.74, 6) is -0.267. The lowest BCUT2D eigenvalue weighted by Gasteiger charge is -2.16. The molecule has 0 radical (unpaired) electrons. The van der Waals surface area contributed by atoms with Crippen LogP contribution in [0.15, 0.2) is 72.9 Å². The van der Waals surface area contributed by atoms with E-state index in [1.165, 1.54) is 13.2 Å². The number of ether oxygens (including phenoxy) is 2. The van der Waals surface area contributed by atoms with Crippen LogP contribution in [-0.4, -0.2) is 29.2 Å². The number of hydrogen-bond donors (Lipinski definition) is 3. The number of carbonyl (C=O) groups is 1. The van der Waals surface area contributed by atoms with Gasteiger partial charge in [-0.2, -0.15) is 0 Å². The summed E-state index contributed by atoms with van der Waals surface area (Å²) < 4.78 is 25.0. The molecule has 3 aromatic carbocycles. The topological polar surface area (TPSA) is 83.6 Å². The molecule has 0 amide bonds. The van der Waals surface area contributed by atoms with Crippen LogP contribution in [0.3, 0.4) is 0 Å². The van der Waals surface area contributed by atoms with E-state index in [1.54, 1.807) is 30.3 Å². The van der Waals surface area contributed by atoms with Crippen LogP contribution in [0.4, 0.5) is 4.39 Å². The summed E-state index contributed by atoms with van der Waals surface area (Å²) in [7, 11) is 1.53. The predicted molar refractivity (Wildman–Crippen MR) is 124 cm³/mol. The number of methoxy groups -OCH3 is 1. The summed E-state index contributed by atoms with van der Waals surface area (Å²) in [6.45, 7) is 0.412. The fourth-order valence-corrected chi connectivity index (χ4v) is 3.72. The van der Waals surface area contributed by atoms with E-state index >= 15 is 0 Å². The number of H-pyrrole nitrogens is 1. The number of aromatic nitrogens is 1. The van der Waals surface area contributed by atoms with E-state index in [-0.39, 0.29) is 12.4 Å². The van der Waals surface area contributed by atoms with Gasteiger partial charge >= 0.3 is 5.97 Å². The number of hydrogen-bond acceptors (Lipinski definition) is 4. The van der Waals surface area contributed by atoms with Crippen molar-refractivity contribution in [3.05, 3.63) is 95.4 Å². The Balaban J connectivity index is 1.42. The van der Waals surface area contributed by atoms with E-state index in [2.05, 4.69) is 10.3 Å². The quantitative estimate of drug-likeness (QED) is 0.328. The Kier molecular flexibility index (Phi) is 6.90. The first-order valence-electron chi connectivity index (χ1n) is 10.6. The monoisotopic (exact) mass is 448 g/mol. The van der Waals surface area contributed by atoms with Gasteiger partial charge in [-0.25, -0.2) is 4.39 Å². The molecule has 170 valence electrons. The number of fused-ring (bicyclic) bond motifs is 1. The second-order valence-corrected chi connectivity index (χ2v) is 7.70. The van der Waals surface area contributed by atoms with Gasteiger partial charge in [-0.05, 0) is 35.4 Å². The van der Waals surface area contributed by atoms with Crippen LogP contribution in [0.2, 0.25) is 0 Å². The number of rotatable bonds is 10. The highest BCUT2D eigenvalue weighted by molar-refractivity contribution is 5.84. The highest BCUT2D eigenvalue weighted by Gasteiger charge is 2.19. The molecule has 33 heavy (non-hydrogen) atoms. The van der Waals surface area contributed by atoms with Gasteiger partial charge in [0.15, 0.2) is 11.5 Å². The molecule has 0 aliphatic heterocycles. The van der Waals surface area contributed by atoms with Crippen molar-refractivity contribution in [2.45, 2.75) is 25.6 Å². The van der Waals surface area contributed by atoms with Gasteiger partial charge in [-0.3, -0.25) is 4.79 Å². The van der Waals surface area contributed by atoms with Gasteiger partial charge in [-0.1, -0.05) is 42.5 Å². The molecule has 0 aliphatic carbocycles. The van der Waals surface area contributed by atoms with E-state index in [0.717, 1.165) is 22.0 Å². The van der Waals surface area contributed by atoms with Gasteiger partial charge in [0.1, 0.15) is 18.5 Å². The number of carboxylic acid groups (broad SMARTS) is 1. The summed E-state index contributed by atoms with van der Waals surface area (Å²) in [6, 6.07) is 18.9. The van der Waals surface area contributed by atoms with E-state index in [9.17, 15) is 14.3 Å². The maximum Gasteiger partial charge on any atom is 0.321 e. The number of para-hydroxylation sites is 1. The molecule has 6 nitrogen and oxygen atoms in total. The minimum absolute atomic E-state index is 0.0757. The number of nitrogens with one attached hydrogen (secondary N) is 2. The molecule has 1 heterocycles. The molecule has 0 aliphatic rings. The Bertz CT molecular complexity index is 1250. The molecule has 0 unspecified atom stereocenters. The highest BCUT2D eigenvalue weighted by Crippen LogP contribution is 2.29. The molecule has 4 aromatic rings. The van der Waals surface area contributed by atoms with Crippen LogP contribution < -0.4 is 14.8 Å². The zero-order valence-electron chi connectivity index (χ0n) is 18.2. The first-order valence-corrected chi connectivity index (χ1v) is 10.6. The van der Waals surface area contributed by atoms with Crippen molar-refractivity contribution in [2.24, 2.45) is 0 Å². The zero-order chi connectivity index (χ0) is 23.2. The molecule has 1 aromatic heterocycles. The van der Waals surface area contributed by atoms with Crippen molar-refractivity contribution in [2.75, 3.05) is 7.11 Å². The maximum atomic E-state index is 13.8. The molecule has 0 bridgehead atoms. The third-order valence-electron chi connectivity index (χ3n) is 5.52. The molecule has 4 rings (SSSR count). The Labute approximate surface area is 191 Å². The van der Waals surface area contributed by atoms with Crippen molar-refractivity contribution < 1.29 is 23.8 Å². The van der Waals surface area contributed by atoms with Gasteiger partial charge in [0.25, 0.3) is 0 Å². The zero-order valence-corrected chi connectivity index (χ0v) is 18.2. The lowest BCUT2D eigenvalue weighted by Crippen LogP contribution is -2.38. The van der Waals surface area contributed by atoms with Crippen molar-refractivity contribution in [3.63, 3.8) is 0 Å². The van der Waals surface area contributed by atoms with Gasteiger partial charge in [-0.15, -0.1) is 0 Å². The fraction of sp³-hybridized carbons (Fsp3) is 0.192. The summed E-state index contributed by atoms with van der Waals surface area (Å²) >= 11 is 0. The Hall–Kier alpha value is -3.84. The van der Waals surface area contributed by atoms with E-state index in [0.29, 0.717) is 30.0 Å². The molecule has 0 spiro atoms. The highest BCUT2D eigenvalue weighted by atomic mass is 19.1. The predicted octanol–water partition coefficient (Wildman–Crippen LogP) is 4.68. The van der Waals surface area contributed by atoms with Gasteiger partial charge in [0.2, 0.25) is 0 Å². The van der Waals surface area contributed by atoms with Crippen LogP contribution in [0, 0.1) is 5.82 Å². The normalized spacial score (nSPS) is 11.9. The maximum absolute atomic E-state index is 13.8. The second-order valence-electron chi connectivity index (χ2n) is 7.70. The fourth-order valence-electron chi connectivity index (χ4n) is 3.72. The molecule has 3 N–H and O–H groups in total. The molecular weight excluding hydrogens is 423 g/mol. The molecule has 0 saturated carbocycles. The Morgan fingerprint density at radius 2 is 1.85 bits per heavy atom. The smallest absolute Gasteiger partial charge is 0.321 e. The third-order valence-corrected chi connectivity index (χ3v) is 5.52. The Morgan fingerprint density at radius 3 is 2.64 bits per heavy atom. The first kappa shape index (κ1) is 22.4. The minimum Gasteiger partial charge on any atom is -0.493 e. The molecule has 0 saturated heterocycles. The standard InChI is InChI=1S/C26H25FN2O4/c1-32-25-12-17(10-11-24(25)33-16-18-6-2-4-8-21(18)27)14-28-23(26(30)31)13-19-15-29-22-9-5-3-7-20(19)22/h2-12,15,23,28-29H,13-14,16H2,1H3,(H,30,31)/t23-/m0/s1. The summed E-state index contributed by atoms with van der Waals surface area (Å²) in [4.78, 5) is 15.0. The van der Waals surface area contributed by atoms with Gasteiger partial charge in [0, 0.05) is 35.6 Å². The van der Waals surface area contributed by atoms with Crippen molar-refractivity contribution in [1.82, 2.24) is 10.3 Å². The Morgan fingerprint density at radius 1 is 1.06 bits per heavy atom. The van der Waals surface area contributed by atoms with Gasteiger partial charge < -0.3 is 24.9 Å². The van der Waals surface area contributed by atoms with Crippen LogP contribution >= 0.6 is 0 Å². The largest absolute Gasteiger partial charge is 0.493 e. The van der Waals surface area contributed by atoms with Crippen LogP contribution in [0.25, 0.3) is 10.9 Å². The second kappa shape index (κ2) is 10.2. The van der Waals surface area contributed by atoms with Crippen molar-refractivity contribution in [3.8, 4) is 11.5 Å². The number of carboxylic acids is 1. The number of aromatic amines is 1. The van der Waals surface area contributed by atoms with Crippen molar-refractivity contribution >= 4 is 16.9 Å². The molecule has 0 fully saturated rings. The average Bonchev–Trinajstić information content (AvgIpc) is 3.24. The van der Waals surface area contributed by atoms with E-state index < -0.39 is 12.0 Å². The lowest BCUT2D eigenvalue weighted by molar-refractivity contribution is -0.139. The minimum atomic E-state index is -0.919. The summed E-state index contributed by atoms with van der Waals surface area (Å²) in [5, 5.41) is 13.9. The SMILES string of the molecule is COc1cc(CN[C@@H](Cc2c[nH]c3ccccc23)C(=O)O)ccc1OCc1ccccc1F. The van der Waals surface area contributed by atoms with Crippen LogP contribution in [0.1, 0.15) is 16.7 Å². The van der Waals surface area contributed by atoms with Gasteiger partial charge in [0.05, 0.1) is 7.11 Å². The van der Waals surface area contributed by atoms with Crippen LogP contribution in [-0.2, 0) is 24.4 Å². The van der Waals surface area contributed by atoms with E-state index in [1.807, 2.05) is 36.5 Å². The third kappa shape index (κ3) is 5.32. The number of halogens is 1. The molecular formula is C26H25FN2O4. The average molecular weight is 448 g/mol. The molecule has 1 atom stereocenters.